The van der Waals surface area contributed by atoms with Crippen LogP contribution in [0.3, 0.4) is 0 Å². The number of piperidine rings is 1. The molecule has 2 aliphatic carbocycles. The van der Waals surface area contributed by atoms with E-state index in [1.54, 1.807) is 0 Å². The summed E-state index contributed by atoms with van der Waals surface area (Å²) in [5.74, 6) is 1.41. The fourth-order valence-corrected chi connectivity index (χ4v) is 6.30. The van der Waals surface area contributed by atoms with Gasteiger partial charge in [-0.1, -0.05) is 60.1 Å². The monoisotopic (exact) mass is 465 g/mol. The van der Waals surface area contributed by atoms with Crippen molar-refractivity contribution in [1.29, 1.82) is 0 Å². The van der Waals surface area contributed by atoms with Gasteiger partial charge in [-0.05, 0) is 75.7 Å². The topological polar surface area (TPSA) is 60.8 Å². The summed E-state index contributed by atoms with van der Waals surface area (Å²) in [6, 6.07) is 8.28. The number of hydrogen-bond donors (Lipinski definition) is 2. The van der Waals surface area contributed by atoms with E-state index >= 15 is 0 Å². The molecule has 2 N–H and O–H groups in total. The summed E-state index contributed by atoms with van der Waals surface area (Å²) in [5.41, 5.74) is 3.88. The van der Waals surface area contributed by atoms with Crippen molar-refractivity contribution >= 4 is 5.91 Å². The molecule has 5 atom stereocenters. The van der Waals surface area contributed by atoms with E-state index in [0.29, 0.717) is 30.6 Å². The van der Waals surface area contributed by atoms with Gasteiger partial charge in [0.1, 0.15) is 0 Å². The first kappa shape index (κ1) is 25.2. The number of amides is 1. The number of carbonyl (C=O) groups excluding carboxylic acids is 1. The lowest BCUT2D eigenvalue weighted by molar-refractivity contribution is -0.132. The van der Waals surface area contributed by atoms with E-state index in [2.05, 4.69) is 42.2 Å². The molecule has 2 fully saturated rings. The fraction of sp³-hybridized carbons (Fsp3) is 0.633. The van der Waals surface area contributed by atoms with Gasteiger partial charge < -0.3 is 15.1 Å². The third-order valence-corrected chi connectivity index (χ3v) is 8.13. The lowest BCUT2D eigenvalue weighted by atomic mass is 9.88. The molecule has 0 unspecified atom stereocenters. The number of hydrogen-bond acceptors (Lipinski definition) is 3. The number of likely N-dealkylation sites (tertiary alicyclic amines) is 1. The quantitative estimate of drug-likeness (QED) is 0.361. The molecular weight excluding hydrogens is 422 g/mol. The zero-order valence-electron chi connectivity index (χ0n) is 20.9. The van der Waals surface area contributed by atoms with Crippen molar-refractivity contribution in [1.82, 2.24) is 4.90 Å². The Kier molecular flexibility index (Phi) is 9.02. The maximum Gasteiger partial charge on any atom is 0.222 e. The number of unbranched alkanes of at least 4 members (excludes halogenated alkanes) is 2. The van der Waals surface area contributed by atoms with Gasteiger partial charge in [0.15, 0.2) is 0 Å². The molecule has 1 aromatic carbocycles. The first-order valence-corrected chi connectivity index (χ1v) is 13.6. The average molecular weight is 466 g/mol. The van der Waals surface area contributed by atoms with Gasteiger partial charge in [-0.3, -0.25) is 4.79 Å². The maximum atomic E-state index is 12.3. The SMILES string of the molecule is Cc1cccc(C[C@@H](O)/C=C/[C@@H]2[C@H]3CC(CCCCCC(=O)N4CCCCC4)=C[C@H]3C[C@H]2O)c1. The van der Waals surface area contributed by atoms with E-state index < -0.39 is 6.10 Å². The standard InChI is InChI=1S/C30H43NO3/c1-22-9-8-11-23(17-22)19-26(32)13-14-27-28-20-24(18-25(28)21-29(27)33)10-4-2-5-12-30(34)31-15-6-3-7-16-31/h8-9,11,13-14,17-18,25-29,32-33H,2-7,10,12,15-16,19-21H2,1H3/b14-13+/t25-,26-,27+,28-,29+/m0/s1. The highest BCUT2D eigenvalue weighted by molar-refractivity contribution is 5.76. The van der Waals surface area contributed by atoms with Crippen LogP contribution in [0.25, 0.3) is 0 Å². The summed E-state index contributed by atoms with van der Waals surface area (Å²) in [6.07, 6.45) is 16.8. The van der Waals surface area contributed by atoms with Crippen molar-refractivity contribution < 1.29 is 15.0 Å². The Morgan fingerprint density at radius 2 is 2.00 bits per heavy atom. The zero-order chi connectivity index (χ0) is 23.9. The molecule has 3 aliphatic rings. The number of benzene rings is 1. The second kappa shape index (κ2) is 12.2. The van der Waals surface area contributed by atoms with Gasteiger partial charge in [-0.25, -0.2) is 0 Å². The molecule has 0 spiro atoms. The van der Waals surface area contributed by atoms with E-state index in [9.17, 15) is 15.0 Å². The van der Waals surface area contributed by atoms with Gasteiger partial charge in [0.05, 0.1) is 12.2 Å². The third-order valence-electron chi connectivity index (χ3n) is 8.13. The van der Waals surface area contributed by atoms with Crippen molar-refractivity contribution in [3.8, 4) is 0 Å². The van der Waals surface area contributed by atoms with Gasteiger partial charge in [0.25, 0.3) is 0 Å². The number of carbonyl (C=O) groups is 1. The predicted octanol–water partition coefficient (Wildman–Crippen LogP) is 5.36. The summed E-state index contributed by atoms with van der Waals surface area (Å²) < 4.78 is 0. The minimum atomic E-state index is -0.519. The number of aryl methyl sites for hydroxylation is 1. The summed E-state index contributed by atoms with van der Waals surface area (Å²) >= 11 is 0. The van der Waals surface area contributed by atoms with E-state index in [4.69, 9.17) is 0 Å². The average Bonchev–Trinajstić information content (AvgIpc) is 3.34. The van der Waals surface area contributed by atoms with Gasteiger partial charge in [0, 0.05) is 31.8 Å². The van der Waals surface area contributed by atoms with Gasteiger partial charge in [-0.2, -0.15) is 0 Å². The van der Waals surface area contributed by atoms with Crippen LogP contribution in [-0.4, -0.2) is 46.3 Å². The predicted molar refractivity (Wildman–Crippen MR) is 137 cm³/mol. The Hall–Kier alpha value is -1.91. The lowest BCUT2D eigenvalue weighted by Crippen LogP contribution is -2.35. The molecule has 1 heterocycles. The Morgan fingerprint density at radius 3 is 2.79 bits per heavy atom. The highest BCUT2D eigenvalue weighted by atomic mass is 16.3. The fourth-order valence-electron chi connectivity index (χ4n) is 6.30. The van der Waals surface area contributed by atoms with Crippen LogP contribution < -0.4 is 0 Å². The Labute approximate surface area is 205 Å². The molecule has 0 aromatic heterocycles. The highest BCUT2D eigenvalue weighted by Crippen LogP contribution is 2.48. The van der Waals surface area contributed by atoms with Gasteiger partial charge in [-0.15, -0.1) is 0 Å². The lowest BCUT2D eigenvalue weighted by Gasteiger charge is -2.26. The number of allylic oxidation sites excluding steroid dienone is 2. The molecule has 34 heavy (non-hydrogen) atoms. The Balaban J connectivity index is 1.17. The second-order valence-corrected chi connectivity index (χ2v) is 10.9. The van der Waals surface area contributed by atoms with Crippen LogP contribution in [0, 0.1) is 24.7 Å². The molecule has 0 radical (unpaired) electrons. The number of rotatable bonds is 10. The van der Waals surface area contributed by atoms with E-state index in [0.717, 1.165) is 57.2 Å². The minimum Gasteiger partial charge on any atom is -0.392 e. The van der Waals surface area contributed by atoms with Gasteiger partial charge in [0.2, 0.25) is 5.91 Å². The summed E-state index contributed by atoms with van der Waals surface area (Å²) in [7, 11) is 0. The normalized spacial score (nSPS) is 27.7. The minimum absolute atomic E-state index is 0.132. The first-order valence-electron chi connectivity index (χ1n) is 13.6. The van der Waals surface area contributed by atoms with Crippen LogP contribution in [0.5, 0.6) is 0 Å². The smallest absolute Gasteiger partial charge is 0.222 e. The number of nitrogens with zero attached hydrogens (tertiary/aromatic N) is 1. The zero-order valence-corrected chi connectivity index (χ0v) is 20.9. The second-order valence-electron chi connectivity index (χ2n) is 10.9. The molecule has 186 valence electrons. The molecule has 1 aliphatic heterocycles. The Morgan fingerprint density at radius 1 is 1.18 bits per heavy atom. The van der Waals surface area contributed by atoms with Crippen LogP contribution in [0.15, 0.2) is 48.1 Å². The summed E-state index contributed by atoms with van der Waals surface area (Å²) in [5, 5.41) is 21.1. The van der Waals surface area contributed by atoms with Crippen molar-refractivity contribution in [2.24, 2.45) is 17.8 Å². The first-order chi connectivity index (χ1) is 16.5. The van der Waals surface area contributed by atoms with Crippen LogP contribution in [0.1, 0.15) is 75.3 Å². The molecular formula is C30H43NO3. The van der Waals surface area contributed by atoms with Crippen LogP contribution >= 0.6 is 0 Å². The van der Waals surface area contributed by atoms with Crippen LogP contribution in [-0.2, 0) is 11.2 Å². The molecule has 4 rings (SSSR count). The van der Waals surface area contributed by atoms with Gasteiger partial charge >= 0.3 is 0 Å². The number of aliphatic hydroxyl groups excluding tert-OH is 2. The molecule has 1 saturated carbocycles. The molecule has 1 aromatic rings. The molecule has 4 nitrogen and oxygen atoms in total. The summed E-state index contributed by atoms with van der Waals surface area (Å²) in [4.78, 5) is 14.4. The molecule has 4 heteroatoms. The highest BCUT2D eigenvalue weighted by Gasteiger charge is 2.43. The van der Waals surface area contributed by atoms with Crippen molar-refractivity contribution in [3.63, 3.8) is 0 Å². The number of fused-ring (bicyclic) bond motifs is 1. The van der Waals surface area contributed by atoms with E-state index in [1.165, 1.54) is 30.4 Å². The number of aliphatic hydroxyl groups is 2. The Bertz CT molecular complexity index is 870. The van der Waals surface area contributed by atoms with Crippen molar-refractivity contribution in [2.75, 3.05) is 13.1 Å². The van der Waals surface area contributed by atoms with E-state index in [-0.39, 0.29) is 12.0 Å². The maximum absolute atomic E-state index is 12.3. The van der Waals surface area contributed by atoms with Crippen molar-refractivity contribution in [2.45, 2.75) is 89.8 Å². The van der Waals surface area contributed by atoms with Crippen LogP contribution in [0.2, 0.25) is 0 Å². The summed E-state index contributed by atoms with van der Waals surface area (Å²) in [6.45, 7) is 3.98. The van der Waals surface area contributed by atoms with E-state index in [1.807, 2.05) is 12.1 Å². The molecule has 1 amide bonds. The molecule has 1 saturated heterocycles. The molecule has 0 bridgehead atoms. The largest absolute Gasteiger partial charge is 0.392 e. The van der Waals surface area contributed by atoms with Crippen molar-refractivity contribution in [3.05, 3.63) is 59.2 Å². The third kappa shape index (κ3) is 6.82. The van der Waals surface area contributed by atoms with Crippen LogP contribution in [0.4, 0.5) is 0 Å².